The van der Waals surface area contributed by atoms with E-state index in [0.717, 1.165) is 25.9 Å². The highest BCUT2D eigenvalue weighted by molar-refractivity contribution is 5.65. The molecule has 0 unspecified atom stereocenters. The summed E-state index contributed by atoms with van der Waals surface area (Å²) < 4.78 is 5.86. The number of nitrogens with zero attached hydrogens (tertiary/aromatic N) is 2. The first-order valence-corrected chi connectivity index (χ1v) is 7.50. The molecule has 2 heterocycles. The molecule has 0 bridgehead atoms. The van der Waals surface area contributed by atoms with Crippen molar-refractivity contribution < 1.29 is 14.8 Å². The van der Waals surface area contributed by atoms with Crippen molar-refractivity contribution in [3.63, 3.8) is 0 Å². The molecule has 1 aromatic carbocycles. The second-order valence-electron chi connectivity index (χ2n) is 6.54. The first kappa shape index (κ1) is 15.1. The van der Waals surface area contributed by atoms with Crippen LogP contribution >= 0.6 is 0 Å². The lowest BCUT2D eigenvalue weighted by molar-refractivity contribution is -0.384. The molecule has 2 atom stereocenters. The van der Waals surface area contributed by atoms with Gasteiger partial charge in [0.15, 0.2) is 0 Å². The average Bonchev–Trinajstić information content (AvgIpc) is 2.93. The molecule has 2 aliphatic heterocycles. The summed E-state index contributed by atoms with van der Waals surface area (Å²) in [4.78, 5) is 12.8. The van der Waals surface area contributed by atoms with E-state index in [1.165, 1.54) is 12.1 Å². The van der Waals surface area contributed by atoms with Crippen LogP contribution in [0, 0.1) is 10.1 Å². The summed E-state index contributed by atoms with van der Waals surface area (Å²) in [5.41, 5.74) is 5.58. The molecule has 0 amide bonds. The van der Waals surface area contributed by atoms with Gasteiger partial charge in [-0.15, -0.1) is 0 Å². The predicted molar refractivity (Wildman–Crippen MR) is 81.8 cm³/mol. The third-order valence-electron chi connectivity index (χ3n) is 4.59. The Morgan fingerprint density at radius 1 is 1.41 bits per heavy atom. The molecule has 0 saturated carbocycles. The highest BCUT2D eigenvalue weighted by Gasteiger charge is 2.46. The van der Waals surface area contributed by atoms with Gasteiger partial charge in [-0.05, 0) is 39.8 Å². The minimum atomic E-state index is -0.775. The van der Waals surface area contributed by atoms with Crippen LogP contribution in [-0.4, -0.2) is 39.7 Å². The molecule has 3 N–H and O–H groups in total. The maximum atomic E-state index is 11.2. The second kappa shape index (κ2) is 5.10. The first-order valence-electron chi connectivity index (χ1n) is 7.50. The van der Waals surface area contributed by atoms with E-state index < -0.39 is 16.6 Å². The minimum Gasteiger partial charge on any atom is -0.485 e. The molecule has 1 aromatic rings. The van der Waals surface area contributed by atoms with Crippen molar-refractivity contribution in [3.8, 4) is 5.75 Å². The van der Waals surface area contributed by atoms with Crippen LogP contribution in [0.4, 0.5) is 11.4 Å². The molecule has 1 fully saturated rings. The van der Waals surface area contributed by atoms with Crippen molar-refractivity contribution in [1.29, 1.82) is 0 Å². The number of nitrogens with two attached hydrogens (primary N) is 1. The smallest absolute Gasteiger partial charge is 0.292 e. The zero-order chi connectivity index (χ0) is 16.1. The highest BCUT2D eigenvalue weighted by atomic mass is 16.6. The number of ether oxygens (including phenoxy) is 1. The molecule has 1 saturated heterocycles. The van der Waals surface area contributed by atoms with Gasteiger partial charge >= 0.3 is 0 Å². The van der Waals surface area contributed by atoms with Crippen molar-refractivity contribution in [2.75, 3.05) is 18.8 Å². The fourth-order valence-corrected chi connectivity index (χ4v) is 3.39. The third-order valence-corrected chi connectivity index (χ3v) is 4.59. The lowest BCUT2D eigenvalue weighted by Crippen LogP contribution is -2.53. The van der Waals surface area contributed by atoms with E-state index in [1.54, 1.807) is 0 Å². The maximum absolute atomic E-state index is 11.2. The Morgan fingerprint density at radius 3 is 2.64 bits per heavy atom. The van der Waals surface area contributed by atoms with Crippen LogP contribution in [-0.2, 0) is 0 Å². The van der Waals surface area contributed by atoms with Gasteiger partial charge in [-0.1, -0.05) is 0 Å². The number of fused-ring (bicyclic) bond motifs is 1. The fraction of sp³-hybridized carbons (Fsp3) is 0.600. The highest BCUT2D eigenvalue weighted by Crippen LogP contribution is 2.46. The van der Waals surface area contributed by atoms with Gasteiger partial charge in [-0.3, -0.25) is 15.0 Å². The number of anilines is 1. The molecule has 0 aromatic heterocycles. The van der Waals surface area contributed by atoms with Crippen molar-refractivity contribution >= 4 is 11.4 Å². The van der Waals surface area contributed by atoms with Gasteiger partial charge in [0.2, 0.25) is 0 Å². The van der Waals surface area contributed by atoms with Crippen LogP contribution in [0.15, 0.2) is 12.1 Å². The number of likely N-dealkylation sites (tertiary alicyclic amines) is 1. The fourth-order valence-electron chi connectivity index (χ4n) is 3.39. The Morgan fingerprint density at radius 2 is 2.05 bits per heavy atom. The van der Waals surface area contributed by atoms with Gasteiger partial charge in [-0.25, -0.2) is 0 Å². The van der Waals surface area contributed by atoms with Crippen molar-refractivity contribution in [1.82, 2.24) is 4.90 Å². The molecule has 0 spiro atoms. The molecule has 7 heteroatoms. The minimum absolute atomic E-state index is 0.0797. The predicted octanol–water partition coefficient (Wildman–Crippen LogP) is 1.85. The molecule has 0 aliphatic carbocycles. The number of nitro benzene ring substituents is 1. The Hall–Kier alpha value is -1.86. The van der Waals surface area contributed by atoms with Gasteiger partial charge < -0.3 is 15.6 Å². The zero-order valence-corrected chi connectivity index (χ0v) is 12.8. The quantitative estimate of drug-likeness (QED) is 0.491. The van der Waals surface area contributed by atoms with Gasteiger partial charge in [0.25, 0.3) is 5.69 Å². The monoisotopic (exact) mass is 307 g/mol. The van der Waals surface area contributed by atoms with Crippen molar-refractivity contribution in [3.05, 3.63) is 27.8 Å². The van der Waals surface area contributed by atoms with Crippen LogP contribution in [0.25, 0.3) is 0 Å². The van der Waals surface area contributed by atoms with Crippen LogP contribution in [0.5, 0.6) is 5.75 Å². The number of nitrogen functional groups attached to an aromatic ring is 1. The number of aliphatic hydroxyl groups is 1. The summed E-state index contributed by atoms with van der Waals surface area (Å²) in [6.07, 6.45) is 1.37. The Kier molecular flexibility index (Phi) is 3.49. The number of nitro groups is 1. The van der Waals surface area contributed by atoms with E-state index >= 15 is 0 Å². The van der Waals surface area contributed by atoms with E-state index in [0.29, 0.717) is 11.3 Å². The SMILES string of the molecule is CC1(C)Oc2cc(N)c([N+](=O)[O-])cc2[C@H](N2CCCC2)[C@H]1O. The van der Waals surface area contributed by atoms with Gasteiger partial charge in [0.05, 0.1) is 11.0 Å². The Bertz CT molecular complexity index is 611. The molecular weight excluding hydrogens is 286 g/mol. The lowest BCUT2D eigenvalue weighted by Gasteiger charge is -2.45. The molecular formula is C15H21N3O4. The second-order valence-corrected chi connectivity index (χ2v) is 6.54. The van der Waals surface area contributed by atoms with Crippen LogP contribution < -0.4 is 10.5 Å². The van der Waals surface area contributed by atoms with Crippen LogP contribution in [0.3, 0.4) is 0 Å². The normalized spacial score (nSPS) is 27.2. The van der Waals surface area contributed by atoms with E-state index in [1.807, 2.05) is 13.8 Å². The number of hydrogen-bond acceptors (Lipinski definition) is 6. The molecule has 22 heavy (non-hydrogen) atoms. The van der Waals surface area contributed by atoms with Crippen LogP contribution in [0.2, 0.25) is 0 Å². The summed E-state index contributed by atoms with van der Waals surface area (Å²) >= 11 is 0. The number of hydrogen-bond donors (Lipinski definition) is 2. The Balaban J connectivity index is 2.13. The summed E-state index contributed by atoms with van der Waals surface area (Å²) in [6, 6.07) is 2.65. The van der Waals surface area contributed by atoms with Crippen LogP contribution in [0.1, 0.15) is 38.3 Å². The third kappa shape index (κ3) is 2.30. The van der Waals surface area contributed by atoms with E-state index in [2.05, 4.69) is 4.90 Å². The van der Waals surface area contributed by atoms with Crippen molar-refractivity contribution in [2.45, 2.75) is 44.4 Å². The van der Waals surface area contributed by atoms with E-state index in [9.17, 15) is 15.2 Å². The zero-order valence-electron chi connectivity index (χ0n) is 12.8. The molecule has 2 aliphatic rings. The van der Waals surface area contributed by atoms with Gasteiger partial charge in [0, 0.05) is 17.7 Å². The maximum Gasteiger partial charge on any atom is 0.292 e. The lowest BCUT2D eigenvalue weighted by atomic mass is 9.85. The van der Waals surface area contributed by atoms with E-state index in [4.69, 9.17) is 10.5 Å². The standard InChI is InChI=1S/C15H21N3O4/c1-15(2)14(19)13(17-5-3-4-6-17)9-7-11(18(20)21)10(16)8-12(9)22-15/h7-8,13-14,19H,3-6,16H2,1-2H3/t13-,14+/m0/s1. The molecule has 120 valence electrons. The topological polar surface area (TPSA) is 102 Å². The van der Waals surface area contributed by atoms with Gasteiger partial charge in [0.1, 0.15) is 23.1 Å². The molecule has 3 rings (SSSR count). The first-order chi connectivity index (χ1) is 10.3. The molecule has 0 radical (unpaired) electrons. The summed E-state index contributed by atoms with van der Waals surface area (Å²) in [7, 11) is 0. The van der Waals surface area contributed by atoms with Crippen molar-refractivity contribution in [2.24, 2.45) is 0 Å². The van der Waals surface area contributed by atoms with Gasteiger partial charge in [-0.2, -0.15) is 0 Å². The number of rotatable bonds is 2. The van der Waals surface area contributed by atoms with E-state index in [-0.39, 0.29) is 17.4 Å². The largest absolute Gasteiger partial charge is 0.485 e. The Labute approximate surface area is 128 Å². The number of aliphatic hydroxyl groups excluding tert-OH is 1. The summed E-state index contributed by atoms with van der Waals surface area (Å²) in [6.45, 7) is 5.38. The average molecular weight is 307 g/mol. The summed E-state index contributed by atoms with van der Waals surface area (Å²) in [5, 5.41) is 21.9. The summed E-state index contributed by atoms with van der Waals surface area (Å²) in [5.74, 6) is 0.523. The molecule has 7 nitrogen and oxygen atoms in total. The number of benzene rings is 1.